The molecule has 2 aromatic carbocycles. The van der Waals surface area contributed by atoms with Crippen LogP contribution in [-0.4, -0.2) is 58.2 Å². The number of amides is 3. The minimum Gasteiger partial charge on any atom is -0.493 e. The number of benzene rings is 2. The van der Waals surface area contributed by atoms with Crippen LogP contribution in [0.1, 0.15) is 31.0 Å². The van der Waals surface area contributed by atoms with Crippen LogP contribution in [0.3, 0.4) is 0 Å². The average Bonchev–Trinajstić information content (AvgIpc) is 2.94. The number of methoxy groups -OCH3 is 2. The molecule has 0 radical (unpaired) electrons. The predicted molar refractivity (Wildman–Crippen MR) is 147 cm³/mol. The smallest absolute Gasteiger partial charge is 0.338 e. The molecule has 212 valence electrons. The van der Waals surface area contributed by atoms with Gasteiger partial charge in [-0.25, -0.2) is 15.0 Å². The molecule has 12 nitrogen and oxygen atoms in total. The van der Waals surface area contributed by atoms with Gasteiger partial charge in [-0.1, -0.05) is 18.7 Å². The Morgan fingerprint density at radius 2 is 1.75 bits per heavy atom. The van der Waals surface area contributed by atoms with Crippen LogP contribution in [0.25, 0.3) is 0 Å². The van der Waals surface area contributed by atoms with Crippen LogP contribution in [-0.2, 0) is 14.3 Å². The van der Waals surface area contributed by atoms with Gasteiger partial charge in [0.15, 0.2) is 29.6 Å². The molecule has 1 aliphatic heterocycles. The third-order valence-corrected chi connectivity index (χ3v) is 5.59. The first-order valence-corrected chi connectivity index (χ1v) is 12.3. The van der Waals surface area contributed by atoms with Crippen molar-refractivity contribution >= 4 is 24.1 Å². The second-order valence-corrected chi connectivity index (χ2v) is 8.29. The van der Waals surface area contributed by atoms with E-state index in [9.17, 15) is 14.4 Å². The van der Waals surface area contributed by atoms with E-state index in [1.165, 1.54) is 20.4 Å². The van der Waals surface area contributed by atoms with Gasteiger partial charge in [-0.3, -0.25) is 4.79 Å². The topological polar surface area (TPSA) is 146 Å². The summed E-state index contributed by atoms with van der Waals surface area (Å²) in [6, 6.07) is 8.83. The zero-order valence-corrected chi connectivity index (χ0v) is 22.7. The number of nitrogens with zero attached hydrogens (tertiary/aromatic N) is 1. The third-order valence-electron chi connectivity index (χ3n) is 5.59. The maximum absolute atomic E-state index is 12.6. The minimum absolute atomic E-state index is 0.185. The molecule has 1 atom stereocenters. The Balaban J connectivity index is 1.65. The molecular weight excluding hydrogens is 520 g/mol. The Morgan fingerprint density at radius 3 is 2.45 bits per heavy atom. The van der Waals surface area contributed by atoms with Gasteiger partial charge in [-0.15, -0.1) is 0 Å². The van der Waals surface area contributed by atoms with Crippen molar-refractivity contribution in [1.29, 1.82) is 0 Å². The van der Waals surface area contributed by atoms with E-state index < -0.39 is 23.9 Å². The van der Waals surface area contributed by atoms with Crippen molar-refractivity contribution in [2.45, 2.75) is 19.9 Å². The minimum atomic E-state index is -0.769. The monoisotopic (exact) mass is 552 g/mol. The lowest BCUT2D eigenvalue weighted by Gasteiger charge is -2.28. The maximum atomic E-state index is 12.6. The Hall–Kier alpha value is -5.00. The van der Waals surface area contributed by atoms with Crippen molar-refractivity contribution in [2.75, 3.05) is 34.0 Å². The van der Waals surface area contributed by atoms with Gasteiger partial charge in [0.05, 0.1) is 38.7 Å². The third kappa shape index (κ3) is 7.53. The van der Waals surface area contributed by atoms with Gasteiger partial charge in [0.1, 0.15) is 6.61 Å². The molecule has 1 heterocycles. The highest BCUT2D eigenvalue weighted by Gasteiger charge is 2.32. The predicted octanol–water partition coefficient (Wildman–Crippen LogP) is 2.99. The van der Waals surface area contributed by atoms with E-state index in [1.807, 2.05) is 0 Å². The SMILES string of the molecule is C=CCOc1ccc(/C=N\NC(=O)COc2ccc([C@H]3NC(=O)NC(C)=C3C(=O)OCC)cc2OC)cc1OC. The van der Waals surface area contributed by atoms with E-state index in [1.54, 1.807) is 56.3 Å². The molecule has 1 aliphatic rings. The van der Waals surface area contributed by atoms with Gasteiger partial charge in [0.2, 0.25) is 0 Å². The van der Waals surface area contributed by atoms with Crippen LogP contribution >= 0.6 is 0 Å². The number of esters is 1. The maximum Gasteiger partial charge on any atom is 0.338 e. The fraction of sp³-hybridized carbons (Fsp3) is 0.286. The molecule has 40 heavy (non-hydrogen) atoms. The molecule has 3 N–H and O–H groups in total. The summed E-state index contributed by atoms with van der Waals surface area (Å²) in [5.41, 5.74) is 4.29. The van der Waals surface area contributed by atoms with Gasteiger partial charge in [-0.05, 0) is 55.3 Å². The quantitative estimate of drug-likeness (QED) is 0.149. The van der Waals surface area contributed by atoms with Crippen molar-refractivity contribution < 1.29 is 38.1 Å². The molecule has 0 bridgehead atoms. The Bertz CT molecular complexity index is 1320. The Kier molecular flexibility index (Phi) is 10.5. The van der Waals surface area contributed by atoms with E-state index in [4.69, 9.17) is 23.7 Å². The summed E-state index contributed by atoms with van der Waals surface area (Å²) in [5.74, 6) is 0.596. The molecule has 2 aromatic rings. The van der Waals surface area contributed by atoms with Crippen molar-refractivity contribution in [3.05, 3.63) is 71.5 Å². The molecule has 0 saturated carbocycles. The molecular formula is C28H32N4O8. The lowest BCUT2D eigenvalue weighted by molar-refractivity contribution is -0.139. The van der Waals surface area contributed by atoms with Gasteiger partial charge in [-0.2, -0.15) is 5.10 Å². The highest BCUT2D eigenvalue weighted by Crippen LogP contribution is 2.34. The molecule has 0 fully saturated rings. The summed E-state index contributed by atoms with van der Waals surface area (Å²) in [5, 5.41) is 9.26. The van der Waals surface area contributed by atoms with Crippen LogP contribution in [0, 0.1) is 0 Å². The van der Waals surface area contributed by atoms with E-state index >= 15 is 0 Å². The fourth-order valence-electron chi connectivity index (χ4n) is 3.79. The average molecular weight is 553 g/mol. The second-order valence-electron chi connectivity index (χ2n) is 8.29. The van der Waals surface area contributed by atoms with Crippen LogP contribution in [0.5, 0.6) is 23.0 Å². The highest BCUT2D eigenvalue weighted by atomic mass is 16.5. The molecule has 0 aromatic heterocycles. The van der Waals surface area contributed by atoms with Crippen LogP contribution in [0.2, 0.25) is 0 Å². The van der Waals surface area contributed by atoms with Gasteiger partial charge in [0, 0.05) is 5.70 Å². The lowest BCUT2D eigenvalue weighted by atomic mass is 9.95. The van der Waals surface area contributed by atoms with Gasteiger partial charge < -0.3 is 34.3 Å². The summed E-state index contributed by atoms with van der Waals surface area (Å²) in [6.45, 7) is 7.12. The van der Waals surface area contributed by atoms with Crippen molar-refractivity contribution in [2.24, 2.45) is 5.10 Å². The molecule has 3 rings (SSSR count). The van der Waals surface area contributed by atoms with E-state index in [-0.39, 0.29) is 24.5 Å². The van der Waals surface area contributed by atoms with Crippen molar-refractivity contribution in [3.8, 4) is 23.0 Å². The highest BCUT2D eigenvalue weighted by molar-refractivity contribution is 5.95. The largest absolute Gasteiger partial charge is 0.493 e. The number of hydrogen-bond donors (Lipinski definition) is 3. The fourth-order valence-corrected chi connectivity index (χ4v) is 3.79. The standard InChI is InChI=1S/C28H32N4O8/c1-6-12-39-20-10-8-18(13-22(20)36-4)15-29-32-24(33)16-40-21-11-9-19(14-23(21)37-5)26-25(27(34)38-7-2)17(3)30-28(35)31-26/h6,8-11,13-15,26H,1,7,12,16H2,2-5H3,(H,32,33)(H2,30,31,35)/b29-15-/t26-/m1/s1. The Labute approximate surface area is 232 Å². The molecule has 0 unspecified atom stereocenters. The molecule has 0 spiro atoms. The number of ether oxygens (including phenoxy) is 5. The molecule has 0 aliphatic carbocycles. The number of nitrogens with one attached hydrogen (secondary N) is 3. The van der Waals surface area contributed by atoms with Crippen LogP contribution in [0.4, 0.5) is 4.79 Å². The number of carbonyl (C=O) groups excluding carboxylic acids is 3. The summed E-state index contributed by atoms with van der Waals surface area (Å²) in [7, 11) is 2.96. The number of allylic oxidation sites excluding steroid dienone is 1. The van der Waals surface area contributed by atoms with E-state index in [2.05, 4.69) is 27.7 Å². The van der Waals surface area contributed by atoms with Gasteiger partial charge >= 0.3 is 12.0 Å². The molecule has 3 amide bonds. The van der Waals surface area contributed by atoms with E-state index in [0.29, 0.717) is 40.7 Å². The number of hydrazone groups is 1. The first kappa shape index (κ1) is 29.6. The van der Waals surface area contributed by atoms with Crippen molar-refractivity contribution in [1.82, 2.24) is 16.1 Å². The lowest BCUT2D eigenvalue weighted by Crippen LogP contribution is -2.45. The molecule has 0 saturated heterocycles. The Morgan fingerprint density at radius 1 is 1.05 bits per heavy atom. The van der Waals surface area contributed by atoms with E-state index in [0.717, 1.165) is 0 Å². The summed E-state index contributed by atoms with van der Waals surface area (Å²) < 4.78 is 27.0. The normalized spacial score (nSPS) is 14.6. The van der Waals surface area contributed by atoms with Crippen molar-refractivity contribution in [3.63, 3.8) is 0 Å². The second kappa shape index (κ2) is 14.2. The van der Waals surface area contributed by atoms with Crippen LogP contribution in [0.15, 0.2) is 65.4 Å². The van der Waals surface area contributed by atoms with Crippen LogP contribution < -0.4 is 35.0 Å². The first-order valence-electron chi connectivity index (χ1n) is 12.3. The number of carbonyl (C=O) groups is 3. The summed E-state index contributed by atoms with van der Waals surface area (Å²) in [4.78, 5) is 37.0. The zero-order valence-electron chi connectivity index (χ0n) is 22.7. The number of urea groups is 1. The zero-order chi connectivity index (χ0) is 29.1. The number of rotatable bonds is 13. The summed E-state index contributed by atoms with van der Waals surface area (Å²) in [6.07, 6.45) is 3.08. The molecule has 12 heteroatoms. The van der Waals surface area contributed by atoms with Gasteiger partial charge in [0.25, 0.3) is 5.91 Å². The number of hydrogen-bond acceptors (Lipinski definition) is 9. The summed E-state index contributed by atoms with van der Waals surface area (Å²) >= 11 is 0. The first-order chi connectivity index (χ1) is 19.3.